The van der Waals surface area contributed by atoms with E-state index in [0.29, 0.717) is 12.4 Å². The van der Waals surface area contributed by atoms with Gasteiger partial charge in [0.25, 0.3) is 0 Å². The van der Waals surface area contributed by atoms with E-state index < -0.39 is 17.8 Å². The molecule has 1 aromatic rings. The van der Waals surface area contributed by atoms with Crippen molar-refractivity contribution >= 4 is 5.91 Å². The fourth-order valence-corrected chi connectivity index (χ4v) is 2.96. The topological polar surface area (TPSA) is 41.6 Å². The summed E-state index contributed by atoms with van der Waals surface area (Å²) in [5.41, 5.74) is 2.30. The molecule has 0 spiro atoms. The number of carbonyl (C=O) groups excluding carboxylic acids is 1. The monoisotopic (exact) mass is 344 g/mol. The first kappa shape index (κ1) is 18.6. The van der Waals surface area contributed by atoms with E-state index in [2.05, 4.69) is 5.43 Å². The van der Waals surface area contributed by atoms with Crippen LogP contribution in [0.25, 0.3) is 0 Å². The Hall–Kier alpha value is -1.76. The van der Waals surface area contributed by atoms with Gasteiger partial charge in [0.2, 0.25) is 5.91 Å². The lowest BCUT2D eigenvalue weighted by atomic mass is 9.97. The van der Waals surface area contributed by atoms with E-state index in [0.717, 1.165) is 10.6 Å². The van der Waals surface area contributed by atoms with Crippen LogP contribution in [-0.2, 0) is 11.2 Å². The van der Waals surface area contributed by atoms with E-state index >= 15 is 0 Å². The number of hydrogen-bond acceptors (Lipinski definition) is 3. The molecule has 1 amide bonds. The molecule has 0 radical (unpaired) electrons. The van der Waals surface area contributed by atoms with E-state index in [1.807, 2.05) is 6.92 Å². The lowest BCUT2D eigenvalue weighted by Gasteiger charge is -2.37. The largest absolute Gasteiger partial charge is 0.494 e. The summed E-state index contributed by atoms with van der Waals surface area (Å²) in [7, 11) is 0. The minimum Gasteiger partial charge on any atom is -0.494 e. The quantitative estimate of drug-likeness (QED) is 0.859. The molecule has 4 nitrogen and oxygen atoms in total. The zero-order valence-electron chi connectivity index (χ0n) is 14.1. The predicted octanol–water partition coefficient (Wildman–Crippen LogP) is 3.46. The third kappa shape index (κ3) is 4.41. The summed E-state index contributed by atoms with van der Waals surface area (Å²) in [5, 5.41) is 1.06. The van der Waals surface area contributed by atoms with E-state index in [9.17, 15) is 18.0 Å². The number of nitrogens with zero attached hydrogens (tertiary/aromatic N) is 1. The molecule has 1 aliphatic rings. The van der Waals surface area contributed by atoms with Crippen LogP contribution in [0.3, 0.4) is 0 Å². The van der Waals surface area contributed by atoms with Crippen LogP contribution in [0.2, 0.25) is 0 Å². The Morgan fingerprint density at radius 3 is 2.38 bits per heavy atom. The van der Waals surface area contributed by atoms with E-state index in [1.165, 1.54) is 0 Å². The molecular formula is C17H23F3N2O2. The molecule has 1 aliphatic heterocycles. The Kier molecular flexibility index (Phi) is 5.42. The minimum absolute atomic E-state index is 0.0582. The van der Waals surface area contributed by atoms with Crippen LogP contribution in [0.4, 0.5) is 13.2 Å². The number of hydrazine groups is 1. The molecule has 1 heterocycles. The maximum atomic E-state index is 13.5. The Bertz CT molecular complexity index is 570. The van der Waals surface area contributed by atoms with Crippen LogP contribution in [0.15, 0.2) is 24.3 Å². The second-order valence-electron chi connectivity index (χ2n) is 6.57. The summed E-state index contributed by atoms with van der Waals surface area (Å²) in [4.78, 5) is 11.5. The van der Waals surface area contributed by atoms with Gasteiger partial charge in [-0.3, -0.25) is 10.2 Å². The zero-order valence-corrected chi connectivity index (χ0v) is 14.1. The third-order valence-electron chi connectivity index (χ3n) is 4.12. The molecule has 7 heteroatoms. The van der Waals surface area contributed by atoms with Crippen LogP contribution in [-0.4, -0.2) is 35.3 Å². The highest BCUT2D eigenvalue weighted by Gasteiger charge is 2.51. The number of rotatable bonds is 6. The summed E-state index contributed by atoms with van der Waals surface area (Å²) in [6.45, 7) is 5.69. The van der Waals surface area contributed by atoms with Crippen LogP contribution in [0.5, 0.6) is 5.75 Å². The van der Waals surface area contributed by atoms with Gasteiger partial charge in [-0.15, -0.1) is 0 Å². The van der Waals surface area contributed by atoms with Crippen LogP contribution in [0.1, 0.15) is 39.2 Å². The maximum Gasteiger partial charge on any atom is 0.405 e. The van der Waals surface area contributed by atoms with E-state index in [4.69, 9.17) is 4.74 Å². The molecule has 0 aliphatic carbocycles. The number of hydrogen-bond donors (Lipinski definition) is 1. The second-order valence-corrected chi connectivity index (χ2v) is 6.57. The Labute approximate surface area is 139 Å². The van der Waals surface area contributed by atoms with Gasteiger partial charge in [-0.1, -0.05) is 12.1 Å². The van der Waals surface area contributed by atoms with Gasteiger partial charge >= 0.3 is 6.18 Å². The van der Waals surface area contributed by atoms with Gasteiger partial charge in [0, 0.05) is 12.0 Å². The van der Waals surface area contributed by atoms with Crippen molar-refractivity contribution in [3.05, 3.63) is 29.8 Å². The van der Waals surface area contributed by atoms with Gasteiger partial charge < -0.3 is 4.74 Å². The molecule has 0 bridgehead atoms. The summed E-state index contributed by atoms with van der Waals surface area (Å²) in [5.74, 6) is 0.317. The molecule has 1 aromatic carbocycles. The van der Waals surface area contributed by atoms with Crippen molar-refractivity contribution in [3.63, 3.8) is 0 Å². The Morgan fingerprint density at radius 2 is 1.92 bits per heavy atom. The van der Waals surface area contributed by atoms with Gasteiger partial charge in [0.15, 0.2) is 0 Å². The molecule has 2 rings (SSSR count). The Balaban J connectivity index is 2.08. The van der Waals surface area contributed by atoms with E-state index in [-0.39, 0.29) is 25.2 Å². The lowest BCUT2D eigenvalue weighted by Crippen LogP contribution is -2.56. The summed E-state index contributed by atoms with van der Waals surface area (Å²) in [6.07, 6.45) is -4.22. The molecule has 0 saturated carbocycles. The van der Waals surface area contributed by atoms with Crippen molar-refractivity contribution in [3.8, 4) is 5.75 Å². The first-order valence-electron chi connectivity index (χ1n) is 8.01. The first-order valence-corrected chi connectivity index (χ1v) is 8.01. The molecule has 134 valence electrons. The molecule has 1 fully saturated rings. The smallest absolute Gasteiger partial charge is 0.405 e. The van der Waals surface area contributed by atoms with Crippen molar-refractivity contribution in [2.24, 2.45) is 0 Å². The summed E-state index contributed by atoms with van der Waals surface area (Å²) >= 11 is 0. The number of amides is 1. The fraction of sp³-hybridized carbons (Fsp3) is 0.588. The van der Waals surface area contributed by atoms with Crippen molar-refractivity contribution in [2.75, 3.05) is 6.61 Å². The van der Waals surface area contributed by atoms with Gasteiger partial charge in [-0.2, -0.15) is 13.2 Å². The van der Waals surface area contributed by atoms with Gasteiger partial charge in [-0.25, -0.2) is 5.01 Å². The highest BCUT2D eigenvalue weighted by atomic mass is 19.4. The minimum atomic E-state index is -4.42. The van der Waals surface area contributed by atoms with Crippen molar-refractivity contribution in [1.82, 2.24) is 10.4 Å². The molecule has 1 N–H and O–H groups in total. The van der Waals surface area contributed by atoms with Crippen LogP contribution in [0, 0.1) is 0 Å². The standard InChI is InChI=1S/C17H23F3N2O2/c1-4-24-13-8-5-12(6-9-13)7-10-14(17(18,19)20)22-16(2,3)11-15(23)21-22/h5-6,8-9,14H,4,7,10-11H2,1-3H3,(H,21,23)/t14-/m0/s1. The first-order chi connectivity index (χ1) is 11.1. The SMILES string of the molecule is CCOc1ccc(CC[C@H](N2NC(=O)CC2(C)C)C(F)(F)F)cc1. The average Bonchev–Trinajstić information content (AvgIpc) is 2.72. The summed E-state index contributed by atoms with van der Waals surface area (Å²) in [6, 6.07) is 5.33. The van der Waals surface area contributed by atoms with Crippen LogP contribution >= 0.6 is 0 Å². The summed E-state index contributed by atoms with van der Waals surface area (Å²) < 4.78 is 45.8. The third-order valence-corrected chi connectivity index (χ3v) is 4.12. The highest BCUT2D eigenvalue weighted by Crippen LogP contribution is 2.35. The second kappa shape index (κ2) is 7.01. The molecule has 0 unspecified atom stereocenters. The highest BCUT2D eigenvalue weighted by molar-refractivity contribution is 5.78. The van der Waals surface area contributed by atoms with Crippen molar-refractivity contribution < 1.29 is 22.7 Å². The lowest BCUT2D eigenvalue weighted by molar-refractivity contribution is -0.202. The molecule has 1 saturated heterocycles. The van der Waals surface area contributed by atoms with Crippen LogP contribution < -0.4 is 10.2 Å². The maximum absolute atomic E-state index is 13.5. The van der Waals surface area contributed by atoms with Crippen molar-refractivity contribution in [1.29, 1.82) is 0 Å². The number of halogens is 3. The number of alkyl halides is 3. The molecule has 1 atom stereocenters. The molecule has 24 heavy (non-hydrogen) atoms. The average molecular weight is 344 g/mol. The number of aryl methyl sites for hydroxylation is 1. The Morgan fingerprint density at radius 1 is 1.29 bits per heavy atom. The van der Waals surface area contributed by atoms with E-state index in [1.54, 1.807) is 38.1 Å². The number of carbonyl (C=O) groups is 1. The number of benzene rings is 1. The number of ether oxygens (including phenoxy) is 1. The van der Waals surface area contributed by atoms with Gasteiger partial charge in [0.1, 0.15) is 11.8 Å². The van der Waals surface area contributed by atoms with Gasteiger partial charge in [-0.05, 0) is 51.3 Å². The molecule has 0 aromatic heterocycles. The predicted molar refractivity (Wildman–Crippen MR) is 84.5 cm³/mol. The number of nitrogens with one attached hydrogen (secondary N) is 1. The fourth-order valence-electron chi connectivity index (χ4n) is 2.96. The normalized spacial score (nSPS) is 19.2. The zero-order chi connectivity index (χ0) is 18.0. The molecular weight excluding hydrogens is 321 g/mol. The van der Waals surface area contributed by atoms with Crippen molar-refractivity contribution in [2.45, 2.75) is 57.8 Å². The van der Waals surface area contributed by atoms with Gasteiger partial charge in [0.05, 0.1) is 6.61 Å².